The molecule has 0 aliphatic heterocycles. The molecule has 3 heteroatoms. The number of aryl methyl sites for hydroxylation is 1. The molecule has 0 radical (unpaired) electrons. The van der Waals surface area contributed by atoms with Crippen LogP contribution in [0.5, 0.6) is 5.88 Å². The maximum Gasteiger partial charge on any atom is 0.213 e. The Hall–Kier alpha value is -1.77. The van der Waals surface area contributed by atoms with E-state index >= 15 is 0 Å². The second kappa shape index (κ2) is 5.71. The van der Waals surface area contributed by atoms with Gasteiger partial charge in [-0.05, 0) is 12.8 Å². The highest BCUT2D eigenvalue weighted by Gasteiger charge is 2.16. The van der Waals surface area contributed by atoms with E-state index < -0.39 is 0 Å². The van der Waals surface area contributed by atoms with Gasteiger partial charge in [-0.1, -0.05) is 50.6 Å². The van der Waals surface area contributed by atoms with Crippen LogP contribution >= 0.6 is 0 Å². The lowest BCUT2D eigenvalue weighted by atomic mass is 10.1. The van der Waals surface area contributed by atoms with E-state index in [9.17, 15) is 5.11 Å². The van der Waals surface area contributed by atoms with Gasteiger partial charge < -0.3 is 5.11 Å². The number of aromatic nitrogens is 2. The first-order valence-electron chi connectivity index (χ1n) is 6.62. The smallest absolute Gasteiger partial charge is 0.213 e. The van der Waals surface area contributed by atoms with Crippen molar-refractivity contribution in [1.82, 2.24) is 9.78 Å². The Kier molecular flexibility index (Phi) is 4.03. The highest BCUT2D eigenvalue weighted by molar-refractivity contribution is 5.65. The molecule has 1 aromatic heterocycles. The molecule has 0 bridgehead atoms. The van der Waals surface area contributed by atoms with Crippen LogP contribution in [0.1, 0.15) is 32.3 Å². The number of benzene rings is 1. The zero-order valence-corrected chi connectivity index (χ0v) is 11.1. The second-order valence-electron chi connectivity index (χ2n) is 4.45. The first kappa shape index (κ1) is 12.7. The third kappa shape index (κ3) is 2.40. The maximum absolute atomic E-state index is 10.2. The van der Waals surface area contributed by atoms with Crippen LogP contribution in [0.4, 0.5) is 0 Å². The Morgan fingerprint density at radius 3 is 2.50 bits per heavy atom. The summed E-state index contributed by atoms with van der Waals surface area (Å²) in [5, 5.41) is 14.8. The molecule has 0 spiro atoms. The lowest BCUT2D eigenvalue weighted by Gasteiger charge is -2.01. The van der Waals surface area contributed by atoms with Crippen LogP contribution in [0.3, 0.4) is 0 Å². The van der Waals surface area contributed by atoms with Crippen LogP contribution in [-0.4, -0.2) is 14.9 Å². The van der Waals surface area contributed by atoms with Crippen LogP contribution in [0, 0.1) is 0 Å². The van der Waals surface area contributed by atoms with Crippen molar-refractivity contribution in [3.63, 3.8) is 0 Å². The van der Waals surface area contributed by atoms with Crippen molar-refractivity contribution >= 4 is 0 Å². The monoisotopic (exact) mass is 244 g/mol. The fourth-order valence-electron chi connectivity index (χ4n) is 2.11. The summed E-state index contributed by atoms with van der Waals surface area (Å²) in [5.74, 6) is 0.324. The second-order valence-corrected chi connectivity index (χ2v) is 4.45. The first-order chi connectivity index (χ1) is 8.77. The van der Waals surface area contributed by atoms with Gasteiger partial charge in [-0.3, -0.25) is 0 Å². The highest BCUT2D eigenvalue weighted by atomic mass is 16.3. The minimum absolute atomic E-state index is 0.324. The molecule has 3 nitrogen and oxygen atoms in total. The number of rotatable bonds is 5. The third-order valence-electron chi connectivity index (χ3n) is 3.15. The standard InChI is InChI=1S/C15H20N2O/c1-3-5-11-17-15(18)13(4-2)14(16-17)12-9-7-6-8-10-12/h6-10,18H,3-5,11H2,1-2H3. The van der Waals surface area contributed by atoms with Gasteiger partial charge in [0.25, 0.3) is 0 Å². The maximum atomic E-state index is 10.2. The SMILES string of the molecule is CCCCn1nc(-c2ccccc2)c(CC)c1O. The molecule has 2 rings (SSSR count). The van der Waals surface area contributed by atoms with E-state index in [-0.39, 0.29) is 0 Å². The largest absolute Gasteiger partial charge is 0.493 e. The topological polar surface area (TPSA) is 38.0 Å². The predicted octanol–water partition coefficient (Wildman–Crippen LogP) is 3.62. The summed E-state index contributed by atoms with van der Waals surface area (Å²) in [7, 11) is 0. The lowest BCUT2D eigenvalue weighted by Crippen LogP contribution is -1.99. The molecule has 0 amide bonds. The Bertz CT molecular complexity index is 503. The average molecular weight is 244 g/mol. The molecule has 0 fully saturated rings. The summed E-state index contributed by atoms with van der Waals surface area (Å²) in [5.41, 5.74) is 2.92. The van der Waals surface area contributed by atoms with E-state index in [0.29, 0.717) is 5.88 Å². The van der Waals surface area contributed by atoms with Crippen molar-refractivity contribution in [3.05, 3.63) is 35.9 Å². The van der Waals surface area contributed by atoms with E-state index in [1.807, 2.05) is 37.3 Å². The van der Waals surface area contributed by atoms with Crippen molar-refractivity contribution in [2.75, 3.05) is 0 Å². The molecule has 0 unspecified atom stereocenters. The lowest BCUT2D eigenvalue weighted by molar-refractivity contribution is 0.390. The Balaban J connectivity index is 2.41. The van der Waals surface area contributed by atoms with Gasteiger partial charge >= 0.3 is 0 Å². The molecule has 18 heavy (non-hydrogen) atoms. The molecular weight excluding hydrogens is 224 g/mol. The first-order valence-corrected chi connectivity index (χ1v) is 6.62. The highest BCUT2D eigenvalue weighted by Crippen LogP contribution is 2.30. The molecule has 0 atom stereocenters. The van der Waals surface area contributed by atoms with Crippen LogP contribution < -0.4 is 0 Å². The third-order valence-corrected chi connectivity index (χ3v) is 3.15. The summed E-state index contributed by atoms with van der Waals surface area (Å²) in [6, 6.07) is 10.0. The number of unbranched alkanes of at least 4 members (excludes halogenated alkanes) is 1. The molecule has 0 saturated carbocycles. The normalized spacial score (nSPS) is 10.8. The van der Waals surface area contributed by atoms with Gasteiger partial charge in [-0.15, -0.1) is 0 Å². The molecule has 96 valence electrons. The van der Waals surface area contributed by atoms with Crippen molar-refractivity contribution in [2.45, 2.75) is 39.7 Å². The fraction of sp³-hybridized carbons (Fsp3) is 0.400. The minimum atomic E-state index is 0.324. The van der Waals surface area contributed by atoms with Crippen LogP contribution in [0.2, 0.25) is 0 Å². The van der Waals surface area contributed by atoms with Crippen molar-refractivity contribution in [3.8, 4) is 17.1 Å². The average Bonchev–Trinajstić information content (AvgIpc) is 2.74. The van der Waals surface area contributed by atoms with E-state index in [1.165, 1.54) is 0 Å². The Labute approximate surface area is 108 Å². The van der Waals surface area contributed by atoms with E-state index in [0.717, 1.165) is 42.6 Å². The van der Waals surface area contributed by atoms with Gasteiger partial charge in [-0.25, -0.2) is 4.68 Å². The van der Waals surface area contributed by atoms with E-state index in [4.69, 9.17) is 0 Å². The predicted molar refractivity (Wildman–Crippen MR) is 73.6 cm³/mol. The number of nitrogens with zero attached hydrogens (tertiary/aromatic N) is 2. The zero-order valence-electron chi connectivity index (χ0n) is 11.1. The minimum Gasteiger partial charge on any atom is -0.493 e. The number of hydrogen-bond donors (Lipinski definition) is 1. The van der Waals surface area contributed by atoms with E-state index in [2.05, 4.69) is 12.0 Å². The van der Waals surface area contributed by atoms with Gasteiger partial charge in [0, 0.05) is 17.7 Å². The zero-order chi connectivity index (χ0) is 13.0. The van der Waals surface area contributed by atoms with Crippen LogP contribution in [-0.2, 0) is 13.0 Å². The molecule has 1 heterocycles. The van der Waals surface area contributed by atoms with Crippen molar-refractivity contribution < 1.29 is 5.11 Å². The van der Waals surface area contributed by atoms with Crippen LogP contribution in [0.25, 0.3) is 11.3 Å². The van der Waals surface area contributed by atoms with Gasteiger partial charge in [0.15, 0.2) is 0 Å². The molecule has 0 aliphatic rings. The van der Waals surface area contributed by atoms with Crippen molar-refractivity contribution in [1.29, 1.82) is 0 Å². The molecule has 0 aliphatic carbocycles. The molecule has 0 saturated heterocycles. The quantitative estimate of drug-likeness (QED) is 0.872. The molecular formula is C15H20N2O. The summed E-state index contributed by atoms with van der Waals surface area (Å²) in [6.07, 6.45) is 2.93. The van der Waals surface area contributed by atoms with Crippen molar-refractivity contribution in [2.24, 2.45) is 0 Å². The fourth-order valence-corrected chi connectivity index (χ4v) is 2.11. The van der Waals surface area contributed by atoms with Gasteiger partial charge in [-0.2, -0.15) is 5.10 Å². The molecule has 1 aromatic carbocycles. The van der Waals surface area contributed by atoms with Gasteiger partial charge in [0.2, 0.25) is 5.88 Å². The van der Waals surface area contributed by atoms with E-state index in [1.54, 1.807) is 4.68 Å². The number of aromatic hydroxyl groups is 1. The molecule has 2 aromatic rings. The summed E-state index contributed by atoms with van der Waals surface area (Å²) >= 11 is 0. The summed E-state index contributed by atoms with van der Waals surface area (Å²) < 4.78 is 1.73. The Morgan fingerprint density at radius 2 is 1.89 bits per heavy atom. The van der Waals surface area contributed by atoms with Gasteiger partial charge in [0.05, 0.1) is 5.69 Å². The molecule has 1 N–H and O–H groups in total. The summed E-state index contributed by atoms with van der Waals surface area (Å²) in [4.78, 5) is 0. The Morgan fingerprint density at radius 1 is 1.17 bits per heavy atom. The van der Waals surface area contributed by atoms with Crippen LogP contribution in [0.15, 0.2) is 30.3 Å². The summed E-state index contributed by atoms with van der Waals surface area (Å²) in [6.45, 7) is 4.97. The number of hydrogen-bond acceptors (Lipinski definition) is 2. The van der Waals surface area contributed by atoms with Gasteiger partial charge in [0.1, 0.15) is 0 Å².